The largest absolute Gasteiger partial charge is 0.393 e. The molecule has 0 aliphatic heterocycles. The molecule has 0 aromatic heterocycles. The Morgan fingerprint density at radius 3 is 2.31 bits per heavy atom. The summed E-state index contributed by atoms with van der Waals surface area (Å²) in [6, 6.07) is 0. The molecule has 2 unspecified atom stereocenters. The molecule has 3 saturated carbocycles. The van der Waals surface area contributed by atoms with E-state index < -0.39 is 0 Å². The van der Waals surface area contributed by atoms with Crippen LogP contribution in [0.25, 0.3) is 0 Å². The van der Waals surface area contributed by atoms with Gasteiger partial charge in [-0.2, -0.15) is 0 Å². The molecule has 3 aliphatic rings. The lowest BCUT2D eigenvalue weighted by atomic mass is 9.61. The van der Waals surface area contributed by atoms with Crippen LogP contribution in [-0.4, -0.2) is 22.4 Å². The maximum absolute atomic E-state index is 9.97. The van der Waals surface area contributed by atoms with E-state index in [2.05, 4.69) is 58.9 Å². The van der Waals surface area contributed by atoms with Gasteiger partial charge in [0.05, 0.1) is 12.2 Å². The number of hydrogen-bond acceptors (Lipinski definition) is 2. The normalized spacial score (nSPS) is 40.7. The summed E-state index contributed by atoms with van der Waals surface area (Å²) >= 11 is 0. The van der Waals surface area contributed by atoms with Crippen molar-refractivity contribution < 1.29 is 10.2 Å². The van der Waals surface area contributed by atoms with Crippen molar-refractivity contribution in [1.82, 2.24) is 0 Å². The maximum Gasteiger partial charge on any atom is 0.0602 e. The molecule has 7 atom stereocenters. The lowest BCUT2D eigenvalue weighted by Gasteiger charge is -2.44. The van der Waals surface area contributed by atoms with Gasteiger partial charge in [0.15, 0.2) is 0 Å². The zero-order valence-electron chi connectivity index (χ0n) is 19.4. The Morgan fingerprint density at radius 1 is 0.966 bits per heavy atom. The third-order valence-electron chi connectivity index (χ3n) is 8.52. The van der Waals surface area contributed by atoms with Gasteiger partial charge in [0.2, 0.25) is 0 Å². The van der Waals surface area contributed by atoms with E-state index in [1.165, 1.54) is 37.7 Å². The van der Waals surface area contributed by atoms with Gasteiger partial charge in [0, 0.05) is 0 Å². The number of aliphatic hydroxyl groups excluding tert-OH is 2. The lowest BCUT2D eigenvalue weighted by Crippen LogP contribution is -2.35. The fourth-order valence-electron chi connectivity index (χ4n) is 6.38. The van der Waals surface area contributed by atoms with Gasteiger partial charge in [0.1, 0.15) is 0 Å². The van der Waals surface area contributed by atoms with Gasteiger partial charge in [0.25, 0.3) is 0 Å². The molecule has 3 fully saturated rings. The Labute approximate surface area is 179 Å². The maximum atomic E-state index is 9.97. The van der Waals surface area contributed by atoms with E-state index in [1.54, 1.807) is 5.57 Å². The van der Waals surface area contributed by atoms with Crippen molar-refractivity contribution in [3.63, 3.8) is 0 Å². The van der Waals surface area contributed by atoms with Crippen molar-refractivity contribution in [1.29, 1.82) is 0 Å². The molecular weight excluding hydrogens is 356 g/mol. The van der Waals surface area contributed by atoms with Crippen LogP contribution >= 0.6 is 0 Å². The van der Waals surface area contributed by atoms with E-state index in [9.17, 15) is 10.2 Å². The second-order valence-electron chi connectivity index (χ2n) is 11.0. The van der Waals surface area contributed by atoms with E-state index in [-0.39, 0.29) is 12.2 Å². The Hall–Kier alpha value is -0.860. The van der Waals surface area contributed by atoms with Crippen LogP contribution in [0.3, 0.4) is 0 Å². The summed E-state index contributed by atoms with van der Waals surface area (Å²) in [4.78, 5) is 0. The SMILES string of the molecule is CC(C)C(C)/C=C/[C@@H](C)C1CC[C@H]2/C(=C/C=C3C[C@@H](O)C[C@@H](O)C3)CCC[C@]12C. The summed E-state index contributed by atoms with van der Waals surface area (Å²) in [5, 5.41) is 19.9. The molecule has 0 heterocycles. The molecule has 2 heteroatoms. The van der Waals surface area contributed by atoms with Crippen molar-refractivity contribution in [2.24, 2.45) is 35.0 Å². The first kappa shape index (κ1) is 22.8. The molecular formula is C27H44O2. The number of aliphatic hydroxyl groups is 2. The van der Waals surface area contributed by atoms with Crippen LogP contribution in [0.5, 0.6) is 0 Å². The summed E-state index contributed by atoms with van der Waals surface area (Å²) < 4.78 is 0. The minimum Gasteiger partial charge on any atom is -0.393 e. The summed E-state index contributed by atoms with van der Waals surface area (Å²) in [5.41, 5.74) is 3.25. The predicted octanol–water partition coefficient (Wildman–Crippen LogP) is 6.45. The molecule has 0 radical (unpaired) electrons. The van der Waals surface area contributed by atoms with E-state index in [0.29, 0.717) is 35.5 Å². The fraction of sp³-hybridized carbons (Fsp3) is 0.778. The van der Waals surface area contributed by atoms with E-state index in [0.717, 1.165) is 18.8 Å². The minimum absolute atomic E-state index is 0.378. The second-order valence-corrected chi connectivity index (χ2v) is 11.0. The molecule has 29 heavy (non-hydrogen) atoms. The highest BCUT2D eigenvalue weighted by molar-refractivity contribution is 5.26. The molecule has 0 aromatic rings. The van der Waals surface area contributed by atoms with Crippen LogP contribution in [0.15, 0.2) is 35.5 Å². The van der Waals surface area contributed by atoms with Gasteiger partial charge >= 0.3 is 0 Å². The third-order valence-corrected chi connectivity index (χ3v) is 8.52. The highest BCUT2D eigenvalue weighted by Gasteiger charge is 2.50. The van der Waals surface area contributed by atoms with Gasteiger partial charge in [-0.15, -0.1) is 0 Å². The summed E-state index contributed by atoms with van der Waals surface area (Å²) in [6.07, 6.45) is 17.3. The molecule has 0 saturated heterocycles. The van der Waals surface area contributed by atoms with Crippen molar-refractivity contribution in [2.45, 2.75) is 98.2 Å². The molecule has 3 aliphatic carbocycles. The summed E-state index contributed by atoms with van der Waals surface area (Å²) in [6.45, 7) is 11.9. The molecule has 0 amide bonds. The summed E-state index contributed by atoms with van der Waals surface area (Å²) in [5.74, 6) is 3.48. The molecule has 0 aromatic carbocycles. The molecule has 3 rings (SSSR count). The number of hydrogen-bond donors (Lipinski definition) is 2. The first-order valence-corrected chi connectivity index (χ1v) is 12.1. The van der Waals surface area contributed by atoms with E-state index in [4.69, 9.17) is 0 Å². The third kappa shape index (κ3) is 5.25. The zero-order valence-corrected chi connectivity index (χ0v) is 19.4. The molecule has 2 N–H and O–H groups in total. The van der Waals surface area contributed by atoms with Gasteiger partial charge < -0.3 is 10.2 Å². The predicted molar refractivity (Wildman–Crippen MR) is 123 cm³/mol. The Morgan fingerprint density at radius 2 is 1.66 bits per heavy atom. The Bertz CT molecular complexity index is 631. The van der Waals surface area contributed by atoms with Crippen LogP contribution in [0.4, 0.5) is 0 Å². The molecule has 2 nitrogen and oxygen atoms in total. The molecule has 0 bridgehead atoms. The highest BCUT2D eigenvalue weighted by atomic mass is 16.3. The van der Waals surface area contributed by atoms with Gasteiger partial charge in [-0.3, -0.25) is 0 Å². The van der Waals surface area contributed by atoms with Gasteiger partial charge in [-0.25, -0.2) is 0 Å². The van der Waals surface area contributed by atoms with Gasteiger partial charge in [-0.05, 0) is 86.4 Å². The van der Waals surface area contributed by atoms with Crippen LogP contribution in [0.1, 0.15) is 86.0 Å². The van der Waals surface area contributed by atoms with Crippen LogP contribution in [0.2, 0.25) is 0 Å². The van der Waals surface area contributed by atoms with Crippen LogP contribution in [-0.2, 0) is 0 Å². The van der Waals surface area contributed by atoms with E-state index in [1.807, 2.05) is 0 Å². The van der Waals surface area contributed by atoms with Crippen molar-refractivity contribution in [2.75, 3.05) is 0 Å². The number of allylic oxidation sites excluding steroid dienone is 5. The van der Waals surface area contributed by atoms with Crippen molar-refractivity contribution in [3.8, 4) is 0 Å². The van der Waals surface area contributed by atoms with Gasteiger partial charge in [-0.1, -0.05) is 70.1 Å². The number of fused-ring (bicyclic) bond motifs is 1. The van der Waals surface area contributed by atoms with Crippen molar-refractivity contribution >= 4 is 0 Å². The fourth-order valence-corrected chi connectivity index (χ4v) is 6.38. The average molecular weight is 401 g/mol. The first-order valence-electron chi connectivity index (χ1n) is 12.1. The monoisotopic (exact) mass is 400 g/mol. The Balaban J connectivity index is 1.72. The quantitative estimate of drug-likeness (QED) is 0.521. The molecule has 0 spiro atoms. The number of rotatable bonds is 5. The van der Waals surface area contributed by atoms with Crippen molar-refractivity contribution in [3.05, 3.63) is 35.5 Å². The average Bonchev–Trinajstić information content (AvgIpc) is 3.00. The zero-order chi connectivity index (χ0) is 21.2. The Kier molecular flexibility index (Phi) is 7.49. The smallest absolute Gasteiger partial charge is 0.0602 e. The minimum atomic E-state index is -0.378. The summed E-state index contributed by atoms with van der Waals surface area (Å²) in [7, 11) is 0. The van der Waals surface area contributed by atoms with Crippen LogP contribution < -0.4 is 0 Å². The topological polar surface area (TPSA) is 40.5 Å². The van der Waals surface area contributed by atoms with E-state index >= 15 is 0 Å². The lowest BCUT2D eigenvalue weighted by molar-refractivity contribution is 0.0609. The van der Waals surface area contributed by atoms with Crippen LogP contribution in [0, 0.1) is 35.0 Å². The molecule has 164 valence electrons. The first-order chi connectivity index (χ1) is 13.7. The second kappa shape index (κ2) is 9.52. The standard InChI is InChI=1S/C27H44O2/c1-18(2)19(3)8-9-20(4)25-12-13-26-22(7-6-14-27(25,26)5)11-10-21-15-23(28)17-24(29)16-21/h8-11,18-20,23-26,28-29H,6-7,12-17H2,1-5H3/b9-8+,21-10?,22-11+/t19?,20-,23-,24+,25?,26+,27-/m1/s1. The highest BCUT2D eigenvalue weighted by Crippen LogP contribution is 2.59.